The third-order valence-corrected chi connectivity index (χ3v) is 6.29. The number of ether oxygens (including phenoxy) is 2. The molecule has 2 fully saturated rings. The quantitative estimate of drug-likeness (QED) is 0.779. The number of benzene rings is 2. The van der Waals surface area contributed by atoms with Crippen LogP contribution in [0.2, 0.25) is 5.02 Å². The molecule has 1 amide bonds. The molecule has 2 unspecified atom stereocenters. The highest BCUT2D eigenvalue weighted by Crippen LogP contribution is 2.33. The van der Waals surface area contributed by atoms with Crippen molar-refractivity contribution in [3.05, 3.63) is 58.6 Å². The van der Waals surface area contributed by atoms with Gasteiger partial charge in [0.2, 0.25) is 12.7 Å². The van der Waals surface area contributed by atoms with Crippen molar-refractivity contribution in [3.63, 3.8) is 0 Å². The number of nitrogens with one attached hydrogen (secondary N) is 2. The van der Waals surface area contributed by atoms with E-state index in [0.717, 1.165) is 49.8 Å². The molecule has 2 aromatic rings. The Morgan fingerprint density at radius 2 is 1.83 bits per heavy atom. The van der Waals surface area contributed by atoms with Crippen LogP contribution >= 0.6 is 11.6 Å². The van der Waals surface area contributed by atoms with Crippen molar-refractivity contribution in [1.82, 2.24) is 20.4 Å². The predicted octanol–water partition coefficient (Wildman–Crippen LogP) is 2.32. The van der Waals surface area contributed by atoms with Crippen LogP contribution in [0.3, 0.4) is 0 Å². The lowest BCUT2D eigenvalue weighted by Gasteiger charge is -2.43. The lowest BCUT2D eigenvalue weighted by atomic mass is 10.0. The molecule has 2 atom stereocenters. The minimum atomic E-state index is -0.180. The first kappa shape index (κ1) is 19.6. The average Bonchev–Trinajstić information content (AvgIpc) is 3.22. The SMILES string of the molecule is O=C1CC(c2ccccc2Cl)NC(N2CCN(Cc3ccc4c(c3)OCO4)CC2)N1. The van der Waals surface area contributed by atoms with Gasteiger partial charge in [-0.05, 0) is 29.3 Å². The number of amides is 1. The summed E-state index contributed by atoms with van der Waals surface area (Å²) in [6, 6.07) is 13.8. The fraction of sp³-hybridized carbons (Fsp3) is 0.409. The molecule has 3 aliphatic rings. The Bertz CT molecular complexity index is 932. The Labute approximate surface area is 180 Å². The van der Waals surface area contributed by atoms with Gasteiger partial charge in [0.25, 0.3) is 0 Å². The van der Waals surface area contributed by atoms with E-state index in [-0.39, 0.29) is 18.2 Å². The Morgan fingerprint density at radius 3 is 2.67 bits per heavy atom. The summed E-state index contributed by atoms with van der Waals surface area (Å²) in [6.45, 7) is 4.78. The van der Waals surface area contributed by atoms with Gasteiger partial charge in [0.1, 0.15) is 6.29 Å². The van der Waals surface area contributed by atoms with Crippen molar-refractivity contribution < 1.29 is 14.3 Å². The van der Waals surface area contributed by atoms with E-state index in [1.165, 1.54) is 5.56 Å². The van der Waals surface area contributed by atoms with Gasteiger partial charge < -0.3 is 14.8 Å². The summed E-state index contributed by atoms with van der Waals surface area (Å²) in [7, 11) is 0. The minimum absolute atomic E-state index is 0.0476. The molecular weight excluding hydrogens is 404 g/mol. The van der Waals surface area contributed by atoms with E-state index >= 15 is 0 Å². The second-order valence-corrected chi connectivity index (χ2v) is 8.32. The van der Waals surface area contributed by atoms with Gasteiger partial charge in [0, 0.05) is 50.2 Å². The van der Waals surface area contributed by atoms with Crippen LogP contribution in [0.25, 0.3) is 0 Å². The van der Waals surface area contributed by atoms with Gasteiger partial charge in [-0.15, -0.1) is 0 Å². The number of rotatable bonds is 4. The smallest absolute Gasteiger partial charge is 0.231 e. The van der Waals surface area contributed by atoms with Crippen molar-refractivity contribution in [2.75, 3.05) is 33.0 Å². The molecule has 5 rings (SSSR count). The van der Waals surface area contributed by atoms with Crippen LogP contribution in [0, 0.1) is 0 Å². The number of hydrogen-bond donors (Lipinski definition) is 2. The molecule has 7 nitrogen and oxygen atoms in total. The third-order valence-electron chi connectivity index (χ3n) is 5.94. The van der Waals surface area contributed by atoms with Gasteiger partial charge in [-0.25, -0.2) is 0 Å². The van der Waals surface area contributed by atoms with Crippen LogP contribution in [-0.2, 0) is 11.3 Å². The molecule has 3 heterocycles. The summed E-state index contributed by atoms with van der Waals surface area (Å²) in [4.78, 5) is 17.1. The summed E-state index contributed by atoms with van der Waals surface area (Å²) in [5.41, 5.74) is 2.19. The van der Waals surface area contributed by atoms with Gasteiger partial charge in [-0.3, -0.25) is 19.9 Å². The molecule has 0 spiro atoms. The number of hydrogen-bond acceptors (Lipinski definition) is 6. The van der Waals surface area contributed by atoms with Gasteiger partial charge in [-0.2, -0.15) is 0 Å². The van der Waals surface area contributed by atoms with Gasteiger partial charge >= 0.3 is 0 Å². The summed E-state index contributed by atoms with van der Waals surface area (Å²) >= 11 is 6.36. The zero-order valence-corrected chi connectivity index (χ0v) is 17.4. The predicted molar refractivity (Wildman–Crippen MR) is 113 cm³/mol. The summed E-state index contributed by atoms with van der Waals surface area (Å²) in [5.74, 6) is 1.69. The van der Waals surface area contributed by atoms with E-state index in [9.17, 15) is 4.79 Å². The molecule has 0 bridgehead atoms. The molecule has 0 saturated carbocycles. The van der Waals surface area contributed by atoms with E-state index < -0.39 is 0 Å². The topological polar surface area (TPSA) is 66.1 Å². The van der Waals surface area contributed by atoms with Crippen LogP contribution < -0.4 is 20.1 Å². The lowest BCUT2D eigenvalue weighted by Crippen LogP contribution is -2.64. The highest BCUT2D eigenvalue weighted by Gasteiger charge is 2.33. The minimum Gasteiger partial charge on any atom is -0.454 e. The van der Waals surface area contributed by atoms with Gasteiger partial charge in [0.05, 0.1) is 0 Å². The van der Waals surface area contributed by atoms with Gasteiger partial charge in [-0.1, -0.05) is 35.9 Å². The van der Waals surface area contributed by atoms with Crippen LogP contribution in [0.5, 0.6) is 11.5 Å². The van der Waals surface area contributed by atoms with Crippen molar-refractivity contribution in [1.29, 1.82) is 0 Å². The highest BCUT2D eigenvalue weighted by atomic mass is 35.5. The van der Waals surface area contributed by atoms with Crippen LogP contribution in [0.15, 0.2) is 42.5 Å². The standard InChI is InChI=1S/C22H25ClN4O3/c23-17-4-2-1-3-16(17)18-12-21(28)25-22(24-18)27-9-7-26(8-10-27)13-15-5-6-19-20(11-15)30-14-29-19/h1-6,11,18,22,24H,7-10,12-14H2,(H,25,28). The summed E-state index contributed by atoms with van der Waals surface area (Å²) in [5, 5.41) is 7.34. The van der Waals surface area contributed by atoms with Crippen molar-refractivity contribution >= 4 is 17.5 Å². The fourth-order valence-electron chi connectivity index (χ4n) is 4.32. The first-order chi connectivity index (χ1) is 14.7. The molecule has 0 aliphatic carbocycles. The van der Waals surface area contributed by atoms with Crippen LogP contribution in [0.4, 0.5) is 0 Å². The number of piperazine rings is 1. The van der Waals surface area contributed by atoms with Crippen LogP contribution in [0.1, 0.15) is 23.6 Å². The highest BCUT2D eigenvalue weighted by molar-refractivity contribution is 6.31. The molecule has 158 valence electrons. The first-order valence-electron chi connectivity index (χ1n) is 10.3. The molecule has 2 aromatic carbocycles. The van der Waals surface area contributed by atoms with Crippen molar-refractivity contribution in [2.24, 2.45) is 0 Å². The zero-order chi connectivity index (χ0) is 20.5. The molecule has 0 aromatic heterocycles. The molecule has 3 aliphatic heterocycles. The Morgan fingerprint density at radius 1 is 1.03 bits per heavy atom. The van der Waals surface area contributed by atoms with Crippen LogP contribution in [-0.4, -0.2) is 55.0 Å². The van der Waals surface area contributed by atoms with E-state index in [1.54, 1.807) is 0 Å². The number of halogens is 1. The molecule has 2 N–H and O–H groups in total. The number of carbonyl (C=O) groups is 1. The second kappa shape index (κ2) is 8.43. The maximum absolute atomic E-state index is 12.4. The van der Waals surface area contributed by atoms with Crippen molar-refractivity contribution in [3.8, 4) is 11.5 Å². The van der Waals surface area contributed by atoms with Crippen molar-refractivity contribution in [2.45, 2.75) is 25.3 Å². The van der Waals surface area contributed by atoms with Gasteiger partial charge in [0.15, 0.2) is 11.5 Å². The normalized spacial score (nSPS) is 24.6. The molecule has 8 heteroatoms. The van der Waals surface area contributed by atoms with E-state index in [2.05, 4.69) is 32.6 Å². The van der Waals surface area contributed by atoms with E-state index in [1.807, 2.05) is 30.3 Å². The lowest BCUT2D eigenvalue weighted by molar-refractivity contribution is -0.127. The monoisotopic (exact) mass is 428 g/mol. The number of carbonyl (C=O) groups excluding carboxylic acids is 1. The second-order valence-electron chi connectivity index (χ2n) is 7.91. The largest absolute Gasteiger partial charge is 0.454 e. The third kappa shape index (κ3) is 4.11. The molecule has 2 saturated heterocycles. The Kier molecular flexibility index (Phi) is 5.52. The molecular formula is C22H25ClN4O3. The Hall–Kier alpha value is -2.32. The first-order valence-corrected chi connectivity index (χ1v) is 10.7. The average molecular weight is 429 g/mol. The number of nitrogens with zero attached hydrogens (tertiary/aromatic N) is 2. The summed E-state index contributed by atoms with van der Waals surface area (Å²) < 4.78 is 10.9. The molecule has 0 radical (unpaired) electrons. The fourth-order valence-corrected chi connectivity index (χ4v) is 4.59. The zero-order valence-electron chi connectivity index (χ0n) is 16.6. The molecule has 30 heavy (non-hydrogen) atoms. The maximum Gasteiger partial charge on any atom is 0.231 e. The Balaban J connectivity index is 1.19. The van der Waals surface area contributed by atoms with E-state index in [4.69, 9.17) is 21.1 Å². The van der Waals surface area contributed by atoms with E-state index in [0.29, 0.717) is 18.2 Å². The maximum atomic E-state index is 12.4. The number of fused-ring (bicyclic) bond motifs is 1. The summed E-state index contributed by atoms with van der Waals surface area (Å²) in [6.07, 6.45) is 0.213.